The van der Waals surface area contributed by atoms with Crippen LogP contribution in [-0.2, 0) is 4.79 Å². The summed E-state index contributed by atoms with van der Waals surface area (Å²) in [6, 6.07) is 14.6. The first-order valence-corrected chi connectivity index (χ1v) is 9.05. The number of hydrogen-bond donors (Lipinski definition) is 1. The van der Waals surface area contributed by atoms with Gasteiger partial charge in [-0.3, -0.25) is 4.79 Å². The van der Waals surface area contributed by atoms with Crippen molar-refractivity contribution in [3.05, 3.63) is 52.9 Å². The van der Waals surface area contributed by atoms with Crippen molar-refractivity contribution in [1.82, 2.24) is 5.32 Å². The number of para-hydroxylation sites is 1. The normalized spacial score (nSPS) is 18.0. The predicted molar refractivity (Wildman–Crippen MR) is 101 cm³/mol. The van der Waals surface area contributed by atoms with Crippen LogP contribution in [0.5, 0.6) is 0 Å². The summed E-state index contributed by atoms with van der Waals surface area (Å²) in [7, 11) is 2.08. The summed E-state index contributed by atoms with van der Waals surface area (Å²) in [5, 5.41) is 2.64. The highest BCUT2D eigenvalue weighted by Crippen LogP contribution is 2.47. The molecule has 2 aliphatic heterocycles. The lowest BCUT2D eigenvalue weighted by atomic mass is 10.1. The molecule has 23 heavy (non-hydrogen) atoms. The van der Waals surface area contributed by atoms with Crippen molar-refractivity contribution in [1.29, 1.82) is 0 Å². The van der Waals surface area contributed by atoms with Crippen molar-refractivity contribution < 1.29 is 4.79 Å². The molecule has 3 nitrogen and oxygen atoms in total. The minimum Gasteiger partial charge on any atom is -0.343 e. The number of nitrogens with one attached hydrogen (secondary N) is 1. The fourth-order valence-electron chi connectivity index (χ4n) is 2.62. The van der Waals surface area contributed by atoms with Crippen molar-refractivity contribution in [2.75, 3.05) is 11.9 Å². The number of amides is 1. The molecule has 0 spiro atoms. The lowest BCUT2D eigenvalue weighted by Gasteiger charge is -2.29. The molecule has 6 heteroatoms. The zero-order valence-corrected chi connectivity index (χ0v) is 14.6. The topological polar surface area (TPSA) is 32.3 Å². The van der Waals surface area contributed by atoms with Gasteiger partial charge in [0.2, 0.25) is 0 Å². The van der Waals surface area contributed by atoms with E-state index in [2.05, 4.69) is 53.7 Å². The first-order valence-electron chi connectivity index (χ1n) is 7.01. The summed E-state index contributed by atoms with van der Waals surface area (Å²) in [6.07, 6.45) is 1.89. The lowest BCUT2D eigenvalue weighted by Crippen LogP contribution is -2.17. The molecule has 0 bridgehead atoms. The molecule has 2 aromatic carbocycles. The van der Waals surface area contributed by atoms with Crippen LogP contribution in [0.1, 0.15) is 5.56 Å². The largest absolute Gasteiger partial charge is 0.343 e. The summed E-state index contributed by atoms with van der Waals surface area (Å²) in [5.74, 6) is -0.118. The third kappa shape index (κ3) is 2.67. The van der Waals surface area contributed by atoms with Gasteiger partial charge < -0.3 is 10.2 Å². The number of carbonyl (C=O) groups is 1. The SMILES string of the molecule is CN1c2ccccc2Sc2cc(C=C3SC(=S)NC3=O)ccc21. The summed E-state index contributed by atoms with van der Waals surface area (Å²) in [5.41, 5.74) is 3.40. The molecule has 1 N–H and O–H groups in total. The molecule has 0 aromatic heterocycles. The van der Waals surface area contributed by atoms with Crippen LogP contribution in [0.4, 0.5) is 11.4 Å². The van der Waals surface area contributed by atoms with E-state index in [0.29, 0.717) is 9.23 Å². The smallest absolute Gasteiger partial charge is 0.263 e. The zero-order valence-electron chi connectivity index (χ0n) is 12.2. The van der Waals surface area contributed by atoms with E-state index in [-0.39, 0.29) is 5.91 Å². The molecule has 0 unspecified atom stereocenters. The number of nitrogens with zero attached hydrogens (tertiary/aromatic N) is 1. The summed E-state index contributed by atoms with van der Waals surface area (Å²) in [6.45, 7) is 0. The lowest BCUT2D eigenvalue weighted by molar-refractivity contribution is -0.115. The third-order valence-corrected chi connectivity index (χ3v) is 6.01. The van der Waals surface area contributed by atoms with Gasteiger partial charge in [0.1, 0.15) is 4.32 Å². The van der Waals surface area contributed by atoms with Crippen molar-refractivity contribution in [3.63, 3.8) is 0 Å². The Hall–Kier alpha value is -1.76. The Labute approximate surface area is 148 Å². The number of thiocarbonyl (C=S) groups is 1. The van der Waals surface area contributed by atoms with E-state index in [0.717, 1.165) is 5.56 Å². The van der Waals surface area contributed by atoms with Gasteiger partial charge in [0.15, 0.2) is 0 Å². The van der Waals surface area contributed by atoms with Gasteiger partial charge >= 0.3 is 0 Å². The Morgan fingerprint density at radius 3 is 2.65 bits per heavy atom. The first kappa shape index (κ1) is 14.8. The number of carbonyl (C=O) groups excluding carboxylic acids is 1. The maximum atomic E-state index is 11.8. The van der Waals surface area contributed by atoms with Crippen LogP contribution in [0, 0.1) is 0 Å². The van der Waals surface area contributed by atoms with Crippen molar-refractivity contribution in [2.24, 2.45) is 0 Å². The molecule has 0 atom stereocenters. The summed E-state index contributed by atoms with van der Waals surface area (Å²) >= 11 is 8.09. The summed E-state index contributed by atoms with van der Waals surface area (Å²) < 4.78 is 0.516. The molecule has 1 amide bonds. The van der Waals surface area contributed by atoms with Gasteiger partial charge in [-0.1, -0.05) is 53.9 Å². The van der Waals surface area contributed by atoms with Crippen LogP contribution in [0.15, 0.2) is 57.2 Å². The van der Waals surface area contributed by atoms with Gasteiger partial charge in [0.25, 0.3) is 5.91 Å². The van der Waals surface area contributed by atoms with Crippen molar-refractivity contribution in [2.45, 2.75) is 9.79 Å². The first-order chi connectivity index (χ1) is 11.1. The average molecular weight is 356 g/mol. The highest BCUT2D eigenvalue weighted by molar-refractivity contribution is 8.26. The van der Waals surface area contributed by atoms with Crippen LogP contribution < -0.4 is 10.2 Å². The maximum absolute atomic E-state index is 11.8. The highest BCUT2D eigenvalue weighted by Gasteiger charge is 2.23. The molecule has 0 radical (unpaired) electrons. The molecule has 4 rings (SSSR count). The van der Waals surface area contributed by atoms with Crippen LogP contribution in [0.2, 0.25) is 0 Å². The Kier molecular flexibility index (Phi) is 3.67. The average Bonchev–Trinajstić information content (AvgIpc) is 2.85. The number of hydrogen-bond acceptors (Lipinski definition) is 5. The molecular formula is C17H12N2OS3. The minimum absolute atomic E-state index is 0.118. The monoisotopic (exact) mass is 356 g/mol. The van der Waals surface area contributed by atoms with Crippen molar-refractivity contribution >= 4 is 63.4 Å². The fraction of sp³-hybridized carbons (Fsp3) is 0.0588. The zero-order chi connectivity index (χ0) is 16.0. The number of benzene rings is 2. The van der Waals surface area contributed by atoms with Gasteiger partial charge in [-0.15, -0.1) is 0 Å². The molecule has 2 aromatic rings. The molecule has 2 heterocycles. The van der Waals surface area contributed by atoms with Gasteiger partial charge in [0.05, 0.1) is 16.3 Å². The van der Waals surface area contributed by atoms with Crippen LogP contribution >= 0.6 is 35.7 Å². The van der Waals surface area contributed by atoms with Gasteiger partial charge in [0, 0.05) is 16.8 Å². The van der Waals surface area contributed by atoms with E-state index in [1.807, 2.05) is 12.1 Å². The van der Waals surface area contributed by atoms with E-state index >= 15 is 0 Å². The van der Waals surface area contributed by atoms with Crippen molar-refractivity contribution in [3.8, 4) is 0 Å². The third-order valence-electron chi connectivity index (χ3n) is 3.73. The number of rotatable bonds is 1. The van der Waals surface area contributed by atoms with E-state index < -0.39 is 0 Å². The number of anilines is 2. The second-order valence-corrected chi connectivity index (χ2v) is 8.01. The Balaban J connectivity index is 1.72. The molecule has 0 aliphatic carbocycles. The Bertz CT molecular complexity index is 876. The van der Waals surface area contributed by atoms with Crippen LogP contribution in [0.25, 0.3) is 6.08 Å². The second-order valence-electron chi connectivity index (χ2n) is 5.21. The number of fused-ring (bicyclic) bond motifs is 2. The van der Waals surface area contributed by atoms with E-state index in [9.17, 15) is 4.79 Å². The van der Waals surface area contributed by atoms with Gasteiger partial charge in [-0.25, -0.2) is 0 Å². The Morgan fingerprint density at radius 2 is 1.87 bits per heavy atom. The van der Waals surface area contributed by atoms with E-state index in [1.54, 1.807) is 11.8 Å². The second kappa shape index (κ2) is 5.70. The van der Waals surface area contributed by atoms with Gasteiger partial charge in [-0.05, 0) is 35.9 Å². The van der Waals surface area contributed by atoms with E-state index in [1.165, 1.54) is 32.9 Å². The Morgan fingerprint density at radius 1 is 1.09 bits per heavy atom. The van der Waals surface area contributed by atoms with Gasteiger partial charge in [-0.2, -0.15) is 0 Å². The van der Waals surface area contributed by atoms with E-state index in [4.69, 9.17) is 12.2 Å². The molecule has 2 aliphatic rings. The quantitative estimate of drug-likeness (QED) is 0.604. The van der Waals surface area contributed by atoms with Crippen LogP contribution in [0.3, 0.4) is 0 Å². The number of thioether (sulfide) groups is 1. The highest BCUT2D eigenvalue weighted by atomic mass is 32.2. The summed E-state index contributed by atoms with van der Waals surface area (Å²) in [4.78, 5) is 17.1. The molecule has 114 valence electrons. The predicted octanol–water partition coefficient (Wildman–Crippen LogP) is 4.41. The molecule has 0 saturated carbocycles. The molecule has 1 saturated heterocycles. The standard InChI is InChI=1S/C17H12N2OS3/c1-19-11-4-2-3-5-13(11)22-14-8-10(6-7-12(14)19)9-15-16(20)18-17(21)23-15/h2-9H,1H3,(H,18,20,21). The minimum atomic E-state index is -0.118. The fourth-order valence-corrected chi connectivity index (χ4v) is 4.86. The molecular weight excluding hydrogens is 344 g/mol. The maximum Gasteiger partial charge on any atom is 0.263 e. The van der Waals surface area contributed by atoms with Crippen LogP contribution in [-0.4, -0.2) is 17.3 Å². The molecule has 1 fully saturated rings.